The highest BCUT2D eigenvalue weighted by atomic mass is 16.1. The van der Waals surface area contributed by atoms with Crippen molar-refractivity contribution in [2.45, 2.75) is 58.4 Å². The van der Waals surface area contributed by atoms with Gasteiger partial charge in [-0.05, 0) is 51.7 Å². The van der Waals surface area contributed by atoms with Crippen molar-refractivity contribution in [1.82, 2.24) is 24.6 Å². The predicted molar refractivity (Wildman–Crippen MR) is 109 cm³/mol. The molecule has 0 spiro atoms. The number of unbranched alkanes of at least 4 members (excludes halogenated alkanes) is 3. The van der Waals surface area contributed by atoms with Crippen LogP contribution in [0.2, 0.25) is 0 Å². The van der Waals surface area contributed by atoms with Crippen LogP contribution in [-0.4, -0.2) is 50.8 Å². The Morgan fingerprint density at radius 1 is 1.11 bits per heavy atom. The number of anilines is 2. The number of rotatable bonds is 10. The van der Waals surface area contributed by atoms with Gasteiger partial charge in [-0.25, -0.2) is 9.67 Å². The molecule has 0 aromatic carbocycles. The Bertz CT molecular complexity index is 798. The van der Waals surface area contributed by atoms with E-state index >= 15 is 0 Å². The zero-order chi connectivity index (χ0) is 19.1. The lowest BCUT2D eigenvalue weighted by Crippen LogP contribution is -2.25. The SMILES string of the molecule is CCCCNc1nc(N)nc2cnn(CCCCCN3CCCC3)c(=O)c12. The number of nitrogens with one attached hydrogen (secondary N) is 1. The van der Waals surface area contributed by atoms with Gasteiger partial charge >= 0.3 is 0 Å². The second kappa shape index (κ2) is 9.64. The highest BCUT2D eigenvalue weighted by Gasteiger charge is 2.13. The van der Waals surface area contributed by atoms with E-state index in [-0.39, 0.29) is 11.5 Å². The minimum atomic E-state index is -0.147. The average Bonchev–Trinajstić information content (AvgIpc) is 3.16. The highest BCUT2D eigenvalue weighted by Crippen LogP contribution is 2.17. The maximum absolute atomic E-state index is 12.9. The molecule has 1 aliphatic rings. The number of hydrogen-bond donors (Lipinski definition) is 2. The molecule has 0 atom stereocenters. The van der Waals surface area contributed by atoms with Crippen LogP contribution >= 0.6 is 0 Å². The summed E-state index contributed by atoms with van der Waals surface area (Å²) in [5, 5.41) is 7.99. The average molecular weight is 374 g/mol. The highest BCUT2D eigenvalue weighted by molar-refractivity contribution is 5.88. The van der Waals surface area contributed by atoms with Crippen LogP contribution in [0.15, 0.2) is 11.0 Å². The van der Waals surface area contributed by atoms with Gasteiger partial charge in [-0.2, -0.15) is 10.1 Å². The Kier molecular flexibility index (Phi) is 6.98. The van der Waals surface area contributed by atoms with Crippen LogP contribution in [0.4, 0.5) is 11.8 Å². The number of hydrogen-bond acceptors (Lipinski definition) is 7. The standard InChI is InChI=1S/C19H31N7O/c1-2-3-9-21-17-16-15(23-19(20)24-17)14-22-26(18(16)27)13-6-4-5-10-25-11-7-8-12-25/h14H,2-13H2,1H3,(H3,20,21,23,24). The van der Waals surface area contributed by atoms with Gasteiger partial charge in [-0.15, -0.1) is 0 Å². The molecular weight excluding hydrogens is 342 g/mol. The summed E-state index contributed by atoms with van der Waals surface area (Å²) in [6.07, 6.45) is 9.56. The van der Waals surface area contributed by atoms with Gasteiger partial charge in [0, 0.05) is 13.1 Å². The summed E-state index contributed by atoms with van der Waals surface area (Å²) >= 11 is 0. The van der Waals surface area contributed by atoms with Crippen LogP contribution in [0.1, 0.15) is 51.9 Å². The van der Waals surface area contributed by atoms with Crippen LogP contribution in [-0.2, 0) is 6.54 Å². The third-order valence-electron chi connectivity index (χ3n) is 5.09. The molecule has 1 saturated heterocycles. The van der Waals surface area contributed by atoms with Crippen LogP contribution < -0.4 is 16.6 Å². The second-order valence-corrected chi connectivity index (χ2v) is 7.25. The molecule has 8 nitrogen and oxygen atoms in total. The molecule has 27 heavy (non-hydrogen) atoms. The maximum Gasteiger partial charge on any atom is 0.279 e. The lowest BCUT2D eigenvalue weighted by molar-refractivity contribution is 0.326. The van der Waals surface area contributed by atoms with Crippen molar-refractivity contribution in [3.63, 3.8) is 0 Å². The molecule has 3 N–H and O–H groups in total. The Morgan fingerprint density at radius 3 is 2.67 bits per heavy atom. The smallest absolute Gasteiger partial charge is 0.279 e. The van der Waals surface area contributed by atoms with Gasteiger partial charge in [0.05, 0.1) is 6.20 Å². The van der Waals surface area contributed by atoms with Gasteiger partial charge in [0.15, 0.2) is 0 Å². The summed E-state index contributed by atoms with van der Waals surface area (Å²) in [6.45, 7) is 7.13. The van der Waals surface area contributed by atoms with E-state index in [4.69, 9.17) is 5.73 Å². The molecule has 2 aromatic rings. The van der Waals surface area contributed by atoms with E-state index in [1.165, 1.54) is 43.6 Å². The number of aryl methyl sites for hydroxylation is 1. The van der Waals surface area contributed by atoms with E-state index in [0.717, 1.165) is 32.2 Å². The normalized spacial score (nSPS) is 14.9. The van der Waals surface area contributed by atoms with Gasteiger partial charge < -0.3 is 16.0 Å². The quantitative estimate of drug-likeness (QED) is 0.616. The predicted octanol–water partition coefficient (Wildman–Crippen LogP) is 2.25. The minimum absolute atomic E-state index is 0.147. The van der Waals surface area contributed by atoms with Gasteiger partial charge in [0.2, 0.25) is 5.95 Å². The molecule has 8 heteroatoms. The molecule has 1 aliphatic heterocycles. The molecule has 0 bridgehead atoms. The molecule has 0 unspecified atom stereocenters. The first-order valence-electron chi connectivity index (χ1n) is 10.2. The zero-order valence-electron chi connectivity index (χ0n) is 16.3. The van der Waals surface area contributed by atoms with Gasteiger partial charge in [-0.3, -0.25) is 4.79 Å². The summed E-state index contributed by atoms with van der Waals surface area (Å²) in [5.41, 5.74) is 6.13. The minimum Gasteiger partial charge on any atom is -0.369 e. The van der Waals surface area contributed by atoms with E-state index in [9.17, 15) is 4.79 Å². The monoisotopic (exact) mass is 373 g/mol. The first-order chi connectivity index (χ1) is 13.2. The fourth-order valence-corrected chi connectivity index (χ4v) is 3.56. The first-order valence-corrected chi connectivity index (χ1v) is 10.2. The number of nitrogen functional groups attached to an aromatic ring is 1. The molecule has 0 radical (unpaired) electrons. The Morgan fingerprint density at radius 2 is 1.89 bits per heavy atom. The molecular formula is C19H31N7O. The van der Waals surface area contributed by atoms with Gasteiger partial charge in [-0.1, -0.05) is 19.8 Å². The summed E-state index contributed by atoms with van der Waals surface area (Å²) in [7, 11) is 0. The first kappa shape index (κ1) is 19.5. The molecule has 148 valence electrons. The van der Waals surface area contributed by atoms with E-state index in [1.54, 1.807) is 6.20 Å². The number of nitrogens with zero attached hydrogens (tertiary/aromatic N) is 5. The van der Waals surface area contributed by atoms with Gasteiger partial charge in [0.1, 0.15) is 16.7 Å². The van der Waals surface area contributed by atoms with Crippen LogP contribution in [0.5, 0.6) is 0 Å². The Labute approximate surface area is 160 Å². The number of aromatic nitrogens is 4. The van der Waals surface area contributed by atoms with E-state index in [0.29, 0.717) is 23.3 Å². The van der Waals surface area contributed by atoms with Crippen molar-refractivity contribution in [2.24, 2.45) is 0 Å². The van der Waals surface area contributed by atoms with Crippen LogP contribution in [0.25, 0.3) is 10.9 Å². The maximum atomic E-state index is 12.9. The van der Waals surface area contributed by atoms with Crippen molar-refractivity contribution in [3.05, 3.63) is 16.6 Å². The van der Waals surface area contributed by atoms with Crippen molar-refractivity contribution < 1.29 is 0 Å². The largest absolute Gasteiger partial charge is 0.369 e. The molecule has 0 saturated carbocycles. The van der Waals surface area contributed by atoms with Crippen LogP contribution in [0.3, 0.4) is 0 Å². The van der Waals surface area contributed by atoms with Crippen LogP contribution in [0, 0.1) is 0 Å². The molecule has 3 rings (SSSR count). The number of fused-ring (bicyclic) bond motifs is 1. The lowest BCUT2D eigenvalue weighted by Gasteiger charge is -2.14. The van der Waals surface area contributed by atoms with Crippen molar-refractivity contribution in [2.75, 3.05) is 37.2 Å². The zero-order valence-corrected chi connectivity index (χ0v) is 16.3. The van der Waals surface area contributed by atoms with Crippen molar-refractivity contribution >= 4 is 22.7 Å². The van der Waals surface area contributed by atoms with E-state index < -0.39 is 0 Å². The second-order valence-electron chi connectivity index (χ2n) is 7.25. The van der Waals surface area contributed by atoms with E-state index in [2.05, 4.69) is 32.2 Å². The molecule has 2 aromatic heterocycles. The van der Waals surface area contributed by atoms with E-state index in [1.807, 2.05) is 0 Å². The van der Waals surface area contributed by atoms with Gasteiger partial charge in [0.25, 0.3) is 5.56 Å². The Balaban J connectivity index is 1.64. The summed E-state index contributed by atoms with van der Waals surface area (Å²) in [6, 6.07) is 0. The number of likely N-dealkylation sites (tertiary alicyclic amines) is 1. The third-order valence-corrected chi connectivity index (χ3v) is 5.09. The fourth-order valence-electron chi connectivity index (χ4n) is 3.56. The van der Waals surface area contributed by atoms with Crippen molar-refractivity contribution in [3.8, 4) is 0 Å². The summed E-state index contributed by atoms with van der Waals surface area (Å²) in [4.78, 5) is 23.8. The number of nitrogens with two attached hydrogens (primary N) is 1. The third kappa shape index (κ3) is 5.15. The fraction of sp³-hybridized carbons (Fsp3) is 0.684. The van der Waals surface area contributed by atoms with Crippen molar-refractivity contribution in [1.29, 1.82) is 0 Å². The molecule has 3 heterocycles. The lowest BCUT2D eigenvalue weighted by atomic mass is 10.2. The molecule has 0 aliphatic carbocycles. The summed E-state index contributed by atoms with van der Waals surface area (Å²) in [5.74, 6) is 0.670. The molecule has 1 fully saturated rings. The Hall–Kier alpha value is -2.22. The summed E-state index contributed by atoms with van der Waals surface area (Å²) < 4.78 is 1.53. The molecule has 0 amide bonds. The topological polar surface area (TPSA) is 102 Å².